The van der Waals surface area contributed by atoms with Gasteiger partial charge in [-0.1, -0.05) is 26.0 Å². The maximum atomic E-state index is 12.6. The van der Waals surface area contributed by atoms with Gasteiger partial charge in [0.15, 0.2) is 0 Å². The molecule has 1 atom stereocenters. The lowest BCUT2D eigenvalue weighted by Gasteiger charge is -2.40. The van der Waals surface area contributed by atoms with Crippen molar-refractivity contribution >= 4 is 23.0 Å². The predicted octanol–water partition coefficient (Wildman–Crippen LogP) is 6.47. The summed E-state index contributed by atoms with van der Waals surface area (Å²) in [6, 6.07) is 7.17. The number of hydrogen-bond donors (Lipinski definition) is 1. The highest BCUT2D eigenvalue weighted by Gasteiger charge is 2.35. The smallest absolute Gasteiger partial charge is 0.416 e. The standard InChI is InChI=1S/C21H25N7O3.C11H13F3/c1-13-6-23-14(7-22-13)8-25-19(29)16-5-18-17(9-24-16)26-12-28(18)15-10-27(11-15)20(30)31-21(2,3)4;1-3-8(2)9-4-6-10(7-5-9)11(12,13)14/h5-7,9,12,15H,8,10-11H2,1-4H3,(H,25,29);4-8H,3H2,1-2H3. The minimum atomic E-state index is -4.23. The highest BCUT2D eigenvalue weighted by atomic mass is 19.4. The van der Waals surface area contributed by atoms with E-state index in [1.54, 1.807) is 48.0 Å². The van der Waals surface area contributed by atoms with Crippen LogP contribution in [0.3, 0.4) is 0 Å². The molecule has 0 bridgehead atoms. The van der Waals surface area contributed by atoms with E-state index >= 15 is 0 Å². The van der Waals surface area contributed by atoms with Crippen molar-refractivity contribution in [1.29, 1.82) is 0 Å². The van der Waals surface area contributed by atoms with Crippen molar-refractivity contribution in [2.45, 2.75) is 78.2 Å². The molecule has 13 heteroatoms. The van der Waals surface area contributed by atoms with Crippen LogP contribution >= 0.6 is 0 Å². The SMILES string of the molecule is CCC(C)c1ccc(C(F)(F)F)cc1.Cc1cnc(CNC(=O)c2cc3c(cn2)ncn3C2CN(C(=O)OC(C)(C)C)C2)cn1. The van der Waals surface area contributed by atoms with Crippen molar-refractivity contribution in [3.05, 3.63) is 83.5 Å². The number of nitrogens with one attached hydrogen (secondary N) is 1. The number of nitrogens with zero attached hydrogens (tertiary/aromatic N) is 6. The molecule has 1 N–H and O–H groups in total. The third-order valence-corrected chi connectivity index (χ3v) is 7.29. The number of aryl methyl sites for hydroxylation is 1. The van der Waals surface area contributed by atoms with E-state index in [9.17, 15) is 22.8 Å². The molecule has 4 heterocycles. The summed E-state index contributed by atoms with van der Waals surface area (Å²) < 4.78 is 44.0. The van der Waals surface area contributed by atoms with Gasteiger partial charge in [0.25, 0.3) is 5.91 Å². The molecule has 10 nitrogen and oxygen atoms in total. The molecule has 1 saturated heterocycles. The third kappa shape index (κ3) is 8.77. The second-order valence-electron chi connectivity index (χ2n) is 12.0. The lowest BCUT2D eigenvalue weighted by atomic mass is 9.98. The normalized spacial score (nSPS) is 14.3. The summed E-state index contributed by atoms with van der Waals surface area (Å²) in [7, 11) is 0. The first-order chi connectivity index (χ1) is 21.1. The van der Waals surface area contributed by atoms with Crippen LogP contribution in [0, 0.1) is 6.92 Å². The van der Waals surface area contributed by atoms with Gasteiger partial charge in [-0.05, 0) is 63.8 Å². The van der Waals surface area contributed by atoms with Crippen molar-refractivity contribution < 1.29 is 27.5 Å². The molecule has 2 amide bonds. The monoisotopic (exact) mass is 625 g/mol. The number of aromatic nitrogens is 5. The Morgan fingerprint density at radius 3 is 2.29 bits per heavy atom. The molecule has 4 aromatic rings. The topological polar surface area (TPSA) is 115 Å². The maximum absolute atomic E-state index is 12.6. The summed E-state index contributed by atoms with van der Waals surface area (Å²) in [5, 5.41) is 2.81. The van der Waals surface area contributed by atoms with Crippen LogP contribution in [-0.2, 0) is 17.5 Å². The fourth-order valence-electron chi connectivity index (χ4n) is 4.46. The molecule has 0 radical (unpaired) electrons. The summed E-state index contributed by atoms with van der Waals surface area (Å²) in [6.45, 7) is 12.7. The van der Waals surface area contributed by atoms with Crippen LogP contribution in [0.2, 0.25) is 0 Å². The van der Waals surface area contributed by atoms with Gasteiger partial charge in [0.2, 0.25) is 0 Å². The van der Waals surface area contributed by atoms with Crippen molar-refractivity contribution in [3.8, 4) is 0 Å². The van der Waals surface area contributed by atoms with Gasteiger partial charge >= 0.3 is 12.3 Å². The summed E-state index contributed by atoms with van der Waals surface area (Å²) >= 11 is 0. The summed E-state index contributed by atoms with van der Waals surface area (Å²) in [5.41, 5.74) is 3.11. The molecule has 1 aromatic carbocycles. The van der Waals surface area contributed by atoms with Crippen LogP contribution in [0.5, 0.6) is 0 Å². The Morgan fingerprint density at radius 1 is 1.02 bits per heavy atom. The Bertz CT molecular complexity index is 1610. The van der Waals surface area contributed by atoms with Crippen molar-refractivity contribution in [2.24, 2.45) is 0 Å². The number of pyridine rings is 1. The molecular formula is C32H38F3N7O3. The van der Waals surface area contributed by atoms with E-state index in [2.05, 4.69) is 25.3 Å². The van der Waals surface area contributed by atoms with E-state index in [1.165, 1.54) is 0 Å². The summed E-state index contributed by atoms with van der Waals surface area (Å²) in [4.78, 5) is 43.4. The van der Waals surface area contributed by atoms with Gasteiger partial charge in [0.1, 0.15) is 16.8 Å². The van der Waals surface area contributed by atoms with Crippen LogP contribution in [-0.4, -0.2) is 60.1 Å². The Balaban J connectivity index is 0.000000276. The summed E-state index contributed by atoms with van der Waals surface area (Å²) in [5.74, 6) is 0.0123. The van der Waals surface area contributed by atoms with E-state index in [0.29, 0.717) is 30.2 Å². The highest BCUT2D eigenvalue weighted by Crippen LogP contribution is 2.31. The molecule has 1 aliphatic heterocycles. The van der Waals surface area contributed by atoms with Gasteiger partial charge in [-0.2, -0.15) is 13.2 Å². The molecule has 45 heavy (non-hydrogen) atoms. The predicted molar refractivity (Wildman–Crippen MR) is 162 cm³/mol. The van der Waals surface area contributed by atoms with Crippen LogP contribution in [0.4, 0.5) is 18.0 Å². The first kappa shape index (κ1) is 33.3. The van der Waals surface area contributed by atoms with E-state index < -0.39 is 17.3 Å². The van der Waals surface area contributed by atoms with Crippen LogP contribution < -0.4 is 5.32 Å². The van der Waals surface area contributed by atoms with Gasteiger partial charge in [0.05, 0.1) is 53.8 Å². The number of amides is 2. The Hall–Kier alpha value is -4.55. The van der Waals surface area contributed by atoms with Gasteiger partial charge < -0.3 is 19.5 Å². The van der Waals surface area contributed by atoms with E-state index in [4.69, 9.17) is 4.74 Å². The largest absolute Gasteiger partial charge is 0.444 e. The molecule has 1 unspecified atom stereocenters. The van der Waals surface area contributed by atoms with Crippen LogP contribution in [0.1, 0.15) is 86.0 Å². The Kier molecular flexibility index (Phi) is 10.1. The number of carbonyl (C=O) groups excluding carboxylic acids is 2. The first-order valence-corrected chi connectivity index (χ1v) is 14.7. The highest BCUT2D eigenvalue weighted by molar-refractivity contribution is 5.95. The van der Waals surface area contributed by atoms with Crippen molar-refractivity contribution in [3.63, 3.8) is 0 Å². The second kappa shape index (κ2) is 13.6. The third-order valence-electron chi connectivity index (χ3n) is 7.29. The fourth-order valence-corrected chi connectivity index (χ4v) is 4.46. The molecule has 1 fully saturated rings. The Labute approximate surface area is 260 Å². The molecule has 0 spiro atoms. The van der Waals surface area contributed by atoms with Crippen molar-refractivity contribution in [1.82, 2.24) is 34.7 Å². The van der Waals surface area contributed by atoms with Gasteiger partial charge in [-0.3, -0.25) is 14.8 Å². The molecule has 5 rings (SSSR count). The molecule has 240 valence electrons. The first-order valence-electron chi connectivity index (χ1n) is 14.7. The van der Waals surface area contributed by atoms with E-state index in [-0.39, 0.29) is 30.3 Å². The number of fused-ring (bicyclic) bond motifs is 1. The van der Waals surface area contributed by atoms with Crippen LogP contribution in [0.15, 0.2) is 55.2 Å². The maximum Gasteiger partial charge on any atom is 0.416 e. The lowest BCUT2D eigenvalue weighted by Crippen LogP contribution is -2.52. The Morgan fingerprint density at radius 2 is 1.71 bits per heavy atom. The average Bonchev–Trinajstić information content (AvgIpc) is 3.37. The summed E-state index contributed by atoms with van der Waals surface area (Å²) in [6.07, 6.45) is 2.97. The minimum Gasteiger partial charge on any atom is -0.444 e. The number of hydrogen-bond acceptors (Lipinski definition) is 7. The van der Waals surface area contributed by atoms with E-state index in [0.717, 1.165) is 35.3 Å². The van der Waals surface area contributed by atoms with E-state index in [1.807, 2.05) is 46.1 Å². The quantitative estimate of drug-likeness (QED) is 0.261. The molecule has 0 saturated carbocycles. The van der Waals surface area contributed by atoms with Gasteiger partial charge in [0, 0.05) is 19.3 Å². The molecule has 1 aliphatic rings. The molecule has 3 aromatic heterocycles. The van der Waals surface area contributed by atoms with Gasteiger partial charge in [-0.15, -0.1) is 0 Å². The zero-order valence-electron chi connectivity index (χ0n) is 26.2. The number of alkyl halides is 3. The van der Waals surface area contributed by atoms with Crippen LogP contribution in [0.25, 0.3) is 11.0 Å². The number of halogens is 3. The number of likely N-dealkylation sites (tertiary alicyclic amines) is 1. The lowest BCUT2D eigenvalue weighted by molar-refractivity contribution is -0.137. The number of benzene rings is 1. The van der Waals surface area contributed by atoms with Crippen molar-refractivity contribution in [2.75, 3.05) is 13.1 Å². The average molecular weight is 626 g/mol. The number of imidazole rings is 1. The zero-order chi connectivity index (χ0) is 32.9. The molecular weight excluding hydrogens is 587 g/mol. The van der Waals surface area contributed by atoms with Gasteiger partial charge in [-0.25, -0.2) is 14.8 Å². The number of carbonyl (C=O) groups is 2. The molecule has 0 aliphatic carbocycles. The zero-order valence-corrected chi connectivity index (χ0v) is 26.2. The minimum absolute atomic E-state index is 0.0682. The number of rotatable bonds is 6. The second-order valence-corrected chi connectivity index (χ2v) is 12.0. The fraction of sp³-hybridized carbons (Fsp3) is 0.438. The number of ether oxygens (including phenoxy) is 1.